The van der Waals surface area contributed by atoms with Gasteiger partial charge < -0.3 is 5.11 Å². The first-order valence-electron chi connectivity index (χ1n) is 3.36. The van der Waals surface area contributed by atoms with Gasteiger partial charge >= 0.3 is 0 Å². The predicted molar refractivity (Wildman–Crippen MR) is 41.7 cm³/mol. The largest absolute Gasteiger partial charge is 0.391 e. The Morgan fingerprint density at radius 1 is 1.56 bits per heavy atom. The third-order valence-electron chi connectivity index (χ3n) is 1.97. The fourth-order valence-corrected chi connectivity index (χ4v) is 2.49. The van der Waals surface area contributed by atoms with Gasteiger partial charge in [0, 0.05) is 4.75 Å². The van der Waals surface area contributed by atoms with Crippen LogP contribution in [0.15, 0.2) is 0 Å². The van der Waals surface area contributed by atoms with Crippen LogP contribution in [0.5, 0.6) is 0 Å². The zero-order valence-corrected chi connectivity index (χ0v) is 7.03. The number of thioether (sulfide) groups is 1. The fourth-order valence-electron chi connectivity index (χ4n) is 1.21. The minimum Gasteiger partial charge on any atom is -0.391 e. The van der Waals surface area contributed by atoms with Gasteiger partial charge in [-0.25, -0.2) is 0 Å². The van der Waals surface area contributed by atoms with Gasteiger partial charge in [-0.2, -0.15) is 11.8 Å². The van der Waals surface area contributed by atoms with E-state index in [-0.39, 0.29) is 10.9 Å². The molecule has 0 aliphatic carbocycles. The van der Waals surface area contributed by atoms with Crippen LogP contribution in [0, 0.1) is 5.92 Å². The standard InChI is InChI=1S/C7H14OS/c1-5-4-9-7(2,3)6(5)8/h5-6,8H,4H2,1-3H3/t5-,6-/m0/s1. The van der Waals surface area contributed by atoms with Crippen molar-refractivity contribution < 1.29 is 5.11 Å². The summed E-state index contributed by atoms with van der Waals surface area (Å²) in [6.45, 7) is 6.31. The van der Waals surface area contributed by atoms with Crippen LogP contribution in [0.4, 0.5) is 0 Å². The molecule has 1 saturated heterocycles. The molecule has 1 rings (SSSR count). The van der Waals surface area contributed by atoms with E-state index in [2.05, 4.69) is 20.8 Å². The van der Waals surface area contributed by atoms with Crippen LogP contribution >= 0.6 is 11.8 Å². The molecule has 1 aliphatic rings. The Bertz CT molecular complexity index is 111. The molecule has 1 aliphatic heterocycles. The highest BCUT2D eigenvalue weighted by molar-refractivity contribution is 8.00. The molecule has 54 valence electrons. The molecule has 9 heavy (non-hydrogen) atoms. The summed E-state index contributed by atoms with van der Waals surface area (Å²) in [5.74, 6) is 1.58. The van der Waals surface area contributed by atoms with E-state index in [0.717, 1.165) is 5.75 Å². The van der Waals surface area contributed by atoms with Crippen molar-refractivity contribution in [3.05, 3.63) is 0 Å². The summed E-state index contributed by atoms with van der Waals surface area (Å²) >= 11 is 1.87. The summed E-state index contributed by atoms with van der Waals surface area (Å²) in [5, 5.41) is 9.50. The van der Waals surface area contributed by atoms with Crippen molar-refractivity contribution in [2.24, 2.45) is 5.92 Å². The number of aliphatic hydroxyl groups excluding tert-OH is 1. The van der Waals surface area contributed by atoms with Crippen LogP contribution < -0.4 is 0 Å². The first-order valence-corrected chi connectivity index (χ1v) is 4.34. The third-order valence-corrected chi connectivity index (χ3v) is 3.65. The van der Waals surface area contributed by atoms with Crippen LogP contribution in [0.1, 0.15) is 20.8 Å². The number of hydrogen-bond acceptors (Lipinski definition) is 2. The van der Waals surface area contributed by atoms with Gasteiger partial charge in [0.15, 0.2) is 0 Å². The first kappa shape index (κ1) is 7.42. The van der Waals surface area contributed by atoms with E-state index in [1.807, 2.05) is 11.8 Å². The lowest BCUT2D eigenvalue weighted by atomic mass is 9.97. The summed E-state index contributed by atoms with van der Waals surface area (Å²) in [4.78, 5) is 0. The van der Waals surface area contributed by atoms with E-state index in [9.17, 15) is 5.11 Å². The second-order valence-corrected chi connectivity index (χ2v) is 5.01. The topological polar surface area (TPSA) is 20.2 Å². The van der Waals surface area contributed by atoms with Gasteiger partial charge in [0.25, 0.3) is 0 Å². The average molecular weight is 146 g/mol. The number of aliphatic hydroxyl groups is 1. The number of hydrogen-bond donors (Lipinski definition) is 1. The van der Waals surface area contributed by atoms with Gasteiger partial charge in [0.2, 0.25) is 0 Å². The Labute approximate surface area is 60.8 Å². The van der Waals surface area contributed by atoms with Gasteiger partial charge in [0.05, 0.1) is 6.10 Å². The molecular weight excluding hydrogens is 132 g/mol. The van der Waals surface area contributed by atoms with E-state index in [4.69, 9.17) is 0 Å². The lowest BCUT2D eigenvalue weighted by molar-refractivity contribution is 0.108. The summed E-state index contributed by atoms with van der Waals surface area (Å²) in [5.41, 5.74) is 0. The molecule has 2 atom stereocenters. The van der Waals surface area contributed by atoms with Crippen LogP contribution in [0.2, 0.25) is 0 Å². The van der Waals surface area contributed by atoms with E-state index >= 15 is 0 Å². The monoisotopic (exact) mass is 146 g/mol. The van der Waals surface area contributed by atoms with E-state index in [1.165, 1.54) is 0 Å². The lowest BCUT2D eigenvalue weighted by Gasteiger charge is -2.22. The Balaban J connectivity index is 2.62. The van der Waals surface area contributed by atoms with Crippen LogP contribution in [-0.2, 0) is 0 Å². The summed E-state index contributed by atoms with van der Waals surface area (Å²) in [6.07, 6.45) is -0.109. The minimum absolute atomic E-state index is 0.0966. The van der Waals surface area contributed by atoms with E-state index in [0.29, 0.717) is 5.92 Å². The molecule has 0 aromatic heterocycles. The summed E-state index contributed by atoms with van der Waals surface area (Å²) in [7, 11) is 0. The van der Waals surface area contributed by atoms with Gasteiger partial charge in [0.1, 0.15) is 0 Å². The SMILES string of the molecule is C[C@H]1CSC(C)(C)[C@H]1O. The molecule has 0 aromatic carbocycles. The maximum atomic E-state index is 9.50. The van der Waals surface area contributed by atoms with Gasteiger partial charge in [-0.05, 0) is 25.5 Å². The Hall–Kier alpha value is 0.310. The zero-order valence-electron chi connectivity index (χ0n) is 6.22. The quantitative estimate of drug-likeness (QED) is 0.559. The predicted octanol–water partition coefficient (Wildman–Crippen LogP) is 1.51. The third kappa shape index (κ3) is 1.24. The molecular formula is C7H14OS. The van der Waals surface area contributed by atoms with Gasteiger partial charge in [-0.15, -0.1) is 0 Å². The molecule has 0 bridgehead atoms. The molecule has 0 unspecified atom stereocenters. The highest BCUT2D eigenvalue weighted by atomic mass is 32.2. The molecule has 0 saturated carbocycles. The van der Waals surface area contributed by atoms with Crippen molar-refractivity contribution in [1.29, 1.82) is 0 Å². The zero-order chi connectivity index (χ0) is 7.07. The second-order valence-electron chi connectivity index (χ2n) is 3.34. The molecule has 0 spiro atoms. The Morgan fingerprint density at radius 2 is 2.11 bits per heavy atom. The molecule has 0 aromatic rings. The maximum absolute atomic E-state index is 9.50. The van der Waals surface area contributed by atoms with E-state index in [1.54, 1.807) is 0 Å². The van der Waals surface area contributed by atoms with Crippen molar-refractivity contribution in [3.63, 3.8) is 0 Å². The van der Waals surface area contributed by atoms with Crippen molar-refractivity contribution in [3.8, 4) is 0 Å². The van der Waals surface area contributed by atoms with Crippen molar-refractivity contribution in [1.82, 2.24) is 0 Å². The Kier molecular flexibility index (Phi) is 1.79. The minimum atomic E-state index is -0.109. The van der Waals surface area contributed by atoms with E-state index < -0.39 is 0 Å². The van der Waals surface area contributed by atoms with Crippen molar-refractivity contribution in [2.45, 2.75) is 31.6 Å². The second kappa shape index (κ2) is 2.17. The molecule has 0 amide bonds. The number of rotatable bonds is 0. The fraction of sp³-hybridized carbons (Fsp3) is 1.00. The van der Waals surface area contributed by atoms with Crippen LogP contribution in [0.3, 0.4) is 0 Å². The molecule has 2 heteroatoms. The van der Waals surface area contributed by atoms with Crippen molar-refractivity contribution in [2.75, 3.05) is 5.75 Å². The molecule has 1 nitrogen and oxygen atoms in total. The lowest BCUT2D eigenvalue weighted by Crippen LogP contribution is -2.31. The van der Waals surface area contributed by atoms with Gasteiger partial charge in [-0.1, -0.05) is 6.92 Å². The Morgan fingerprint density at radius 3 is 2.22 bits per heavy atom. The van der Waals surface area contributed by atoms with Crippen LogP contribution in [0.25, 0.3) is 0 Å². The highest BCUT2D eigenvalue weighted by Gasteiger charge is 2.38. The highest BCUT2D eigenvalue weighted by Crippen LogP contribution is 2.40. The van der Waals surface area contributed by atoms with Gasteiger partial charge in [-0.3, -0.25) is 0 Å². The average Bonchev–Trinajstić information content (AvgIpc) is 1.97. The maximum Gasteiger partial charge on any atom is 0.0714 e. The van der Waals surface area contributed by atoms with Crippen molar-refractivity contribution >= 4 is 11.8 Å². The molecule has 0 radical (unpaired) electrons. The summed E-state index contributed by atoms with van der Waals surface area (Å²) < 4.78 is 0.0966. The molecule has 1 heterocycles. The molecule has 1 fully saturated rings. The normalized spacial score (nSPS) is 41.3. The molecule has 1 N–H and O–H groups in total. The smallest absolute Gasteiger partial charge is 0.0714 e. The first-order chi connectivity index (χ1) is 4.04. The summed E-state index contributed by atoms with van der Waals surface area (Å²) in [6, 6.07) is 0. The van der Waals surface area contributed by atoms with Crippen LogP contribution in [-0.4, -0.2) is 21.7 Å².